The van der Waals surface area contributed by atoms with Gasteiger partial charge in [0.25, 0.3) is 0 Å². The Kier molecular flexibility index (Phi) is 14.6. The summed E-state index contributed by atoms with van der Waals surface area (Å²) in [6.07, 6.45) is 21.9. The lowest BCUT2D eigenvalue weighted by molar-refractivity contribution is -0.141. The molecule has 2 heteroatoms. The SMILES string of the molecule is CCCCCCC/C=C/C/C=C/CCCCC(C)C(=O)O. The van der Waals surface area contributed by atoms with Crippen LogP contribution in [0, 0.1) is 5.92 Å². The van der Waals surface area contributed by atoms with Gasteiger partial charge in [-0.1, -0.05) is 70.3 Å². The van der Waals surface area contributed by atoms with Gasteiger partial charge in [-0.15, -0.1) is 0 Å². The number of hydrogen-bond acceptors (Lipinski definition) is 1. The molecule has 0 amide bonds. The first-order chi connectivity index (χ1) is 10.2. The van der Waals surface area contributed by atoms with Crippen molar-refractivity contribution in [1.29, 1.82) is 0 Å². The fourth-order valence-electron chi connectivity index (χ4n) is 2.21. The Bertz CT molecular complexity index is 292. The van der Waals surface area contributed by atoms with Crippen LogP contribution in [-0.2, 0) is 4.79 Å². The first-order valence-corrected chi connectivity index (χ1v) is 8.71. The third-order valence-electron chi connectivity index (χ3n) is 3.76. The summed E-state index contributed by atoms with van der Waals surface area (Å²) in [4.78, 5) is 10.6. The molecular formula is C19H34O2. The van der Waals surface area contributed by atoms with Crippen molar-refractivity contribution in [2.24, 2.45) is 5.92 Å². The lowest BCUT2D eigenvalue weighted by Crippen LogP contribution is -2.08. The molecule has 0 radical (unpaired) electrons. The predicted molar refractivity (Wildman–Crippen MR) is 91.5 cm³/mol. The van der Waals surface area contributed by atoms with Gasteiger partial charge in [-0.3, -0.25) is 4.79 Å². The van der Waals surface area contributed by atoms with Crippen LogP contribution in [0.25, 0.3) is 0 Å². The molecule has 0 fully saturated rings. The van der Waals surface area contributed by atoms with Gasteiger partial charge in [0.1, 0.15) is 0 Å². The fraction of sp³-hybridized carbons (Fsp3) is 0.737. The molecule has 0 heterocycles. The minimum atomic E-state index is -0.676. The molecule has 122 valence electrons. The van der Waals surface area contributed by atoms with Crippen LogP contribution in [0.4, 0.5) is 0 Å². The third-order valence-corrected chi connectivity index (χ3v) is 3.76. The molecular weight excluding hydrogens is 260 g/mol. The minimum Gasteiger partial charge on any atom is -0.481 e. The van der Waals surface area contributed by atoms with Gasteiger partial charge in [0, 0.05) is 0 Å². The van der Waals surface area contributed by atoms with E-state index < -0.39 is 5.97 Å². The summed E-state index contributed by atoms with van der Waals surface area (Å²) >= 11 is 0. The summed E-state index contributed by atoms with van der Waals surface area (Å²) in [5.74, 6) is -0.875. The van der Waals surface area contributed by atoms with Gasteiger partial charge in [0.15, 0.2) is 0 Å². The highest BCUT2D eigenvalue weighted by Gasteiger charge is 2.08. The van der Waals surface area contributed by atoms with E-state index in [1.54, 1.807) is 6.92 Å². The second-order valence-electron chi connectivity index (χ2n) is 5.91. The van der Waals surface area contributed by atoms with Crippen molar-refractivity contribution in [3.63, 3.8) is 0 Å². The van der Waals surface area contributed by atoms with Crippen LogP contribution in [0.2, 0.25) is 0 Å². The van der Waals surface area contributed by atoms with Crippen LogP contribution in [0.5, 0.6) is 0 Å². The van der Waals surface area contributed by atoms with E-state index in [2.05, 4.69) is 31.2 Å². The Morgan fingerprint density at radius 2 is 1.48 bits per heavy atom. The van der Waals surface area contributed by atoms with E-state index in [9.17, 15) is 4.79 Å². The highest BCUT2D eigenvalue weighted by molar-refractivity contribution is 5.69. The summed E-state index contributed by atoms with van der Waals surface area (Å²) in [5, 5.41) is 8.76. The Morgan fingerprint density at radius 1 is 0.905 bits per heavy atom. The van der Waals surface area contributed by atoms with E-state index >= 15 is 0 Å². The maximum Gasteiger partial charge on any atom is 0.306 e. The second-order valence-corrected chi connectivity index (χ2v) is 5.91. The Labute approximate surface area is 131 Å². The predicted octanol–water partition coefficient (Wildman–Crippen LogP) is 6.13. The zero-order chi connectivity index (χ0) is 15.8. The maximum absolute atomic E-state index is 10.6. The molecule has 21 heavy (non-hydrogen) atoms. The van der Waals surface area contributed by atoms with Gasteiger partial charge in [-0.25, -0.2) is 0 Å². The standard InChI is InChI=1S/C19H34O2/c1-3-4-5-6-7-8-9-10-11-12-13-14-15-16-17-18(2)19(20)21/h9-10,12-13,18H,3-8,11,14-17H2,1-2H3,(H,20,21)/b10-9+,13-12+. The van der Waals surface area contributed by atoms with Crippen LogP contribution < -0.4 is 0 Å². The number of aliphatic carboxylic acids is 1. The molecule has 0 saturated carbocycles. The first-order valence-electron chi connectivity index (χ1n) is 8.71. The fourth-order valence-corrected chi connectivity index (χ4v) is 2.21. The number of allylic oxidation sites excluding steroid dienone is 4. The number of carboxylic acid groups (broad SMARTS) is 1. The summed E-state index contributed by atoms with van der Waals surface area (Å²) in [7, 11) is 0. The largest absolute Gasteiger partial charge is 0.481 e. The van der Waals surface area contributed by atoms with Crippen molar-refractivity contribution in [2.75, 3.05) is 0 Å². The van der Waals surface area contributed by atoms with Gasteiger partial charge in [-0.2, -0.15) is 0 Å². The number of rotatable bonds is 14. The van der Waals surface area contributed by atoms with Gasteiger partial charge >= 0.3 is 5.97 Å². The lowest BCUT2D eigenvalue weighted by Gasteiger charge is -2.03. The lowest BCUT2D eigenvalue weighted by atomic mass is 10.0. The van der Waals surface area contributed by atoms with Crippen LogP contribution in [-0.4, -0.2) is 11.1 Å². The smallest absolute Gasteiger partial charge is 0.306 e. The normalized spacial score (nSPS) is 13.2. The Morgan fingerprint density at radius 3 is 2.05 bits per heavy atom. The topological polar surface area (TPSA) is 37.3 Å². The quantitative estimate of drug-likeness (QED) is 0.309. The van der Waals surface area contributed by atoms with Crippen molar-refractivity contribution in [3.05, 3.63) is 24.3 Å². The Balaban J connectivity index is 3.30. The zero-order valence-electron chi connectivity index (χ0n) is 14.0. The molecule has 0 aromatic heterocycles. The number of unbranched alkanes of at least 4 members (excludes halogenated alkanes) is 7. The molecule has 0 rings (SSSR count). The molecule has 0 aliphatic carbocycles. The number of carbonyl (C=O) groups is 1. The maximum atomic E-state index is 10.6. The Hall–Kier alpha value is -1.05. The van der Waals surface area contributed by atoms with Crippen LogP contribution in [0.3, 0.4) is 0 Å². The molecule has 0 aliphatic heterocycles. The number of hydrogen-bond donors (Lipinski definition) is 1. The zero-order valence-corrected chi connectivity index (χ0v) is 14.0. The molecule has 0 aliphatic rings. The summed E-state index contributed by atoms with van der Waals surface area (Å²) in [6, 6.07) is 0. The van der Waals surface area contributed by atoms with Gasteiger partial charge in [-0.05, 0) is 38.5 Å². The number of carboxylic acids is 1. The van der Waals surface area contributed by atoms with Crippen LogP contribution in [0.1, 0.15) is 84.5 Å². The molecule has 1 unspecified atom stereocenters. The van der Waals surface area contributed by atoms with Crippen LogP contribution in [0.15, 0.2) is 24.3 Å². The molecule has 0 aromatic rings. The summed E-state index contributed by atoms with van der Waals surface area (Å²) < 4.78 is 0. The molecule has 0 spiro atoms. The second kappa shape index (κ2) is 15.3. The van der Waals surface area contributed by atoms with Crippen molar-refractivity contribution in [2.45, 2.75) is 84.5 Å². The molecule has 0 saturated heterocycles. The van der Waals surface area contributed by atoms with Crippen molar-refractivity contribution >= 4 is 5.97 Å². The minimum absolute atomic E-state index is 0.200. The highest BCUT2D eigenvalue weighted by Crippen LogP contribution is 2.10. The van der Waals surface area contributed by atoms with E-state index in [4.69, 9.17) is 5.11 Å². The molecule has 1 atom stereocenters. The van der Waals surface area contributed by atoms with Gasteiger partial charge < -0.3 is 5.11 Å². The molecule has 0 bridgehead atoms. The van der Waals surface area contributed by atoms with Crippen molar-refractivity contribution < 1.29 is 9.90 Å². The van der Waals surface area contributed by atoms with E-state index in [0.717, 1.165) is 32.1 Å². The monoisotopic (exact) mass is 294 g/mol. The van der Waals surface area contributed by atoms with E-state index in [-0.39, 0.29) is 5.92 Å². The van der Waals surface area contributed by atoms with Gasteiger partial charge in [0.2, 0.25) is 0 Å². The average molecular weight is 294 g/mol. The van der Waals surface area contributed by atoms with Gasteiger partial charge in [0.05, 0.1) is 5.92 Å². The molecule has 1 N–H and O–H groups in total. The average Bonchev–Trinajstić information content (AvgIpc) is 2.47. The first kappa shape index (κ1) is 19.9. The van der Waals surface area contributed by atoms with E-state index in [1.165, 1.54) is 38.5 Å². The molecule has 2 nitrogen and oxygen atoms in total. The third kappa shape index (κ3) is 15.2. The van der Waals surface area contributed by atoms with Crippen LogP contribution >= 0.6 is 0 Å². The summed E-state index contributed by atoms with van der Waals surface area (Å²) in [6.45, 7) is 4.03. The van der Waals surface area contributed by atoms with E-state index in [0.29, 0.717) is 0 Å². The molecule has 0 aromatic carbocycles. The van der Waals surface area contributed by atoms with E-state index in [1.807, 2.05) is 0 Å². The summed E-state index contributed by atoms with van der Waals surface area (Å²) in [5.41, 5.74) is 0. The van der Waals surface area contributed by atoms with Crippen molar-refractivity contribution in [1.82, 2.24) is 0 Å². The van der Waals surface area contributed by atoms with Crippen molar-refractivity contribution in [3.8, 4) is 0 Å². The highest BCUT2D eigenvalue weighted by atomic mass is 16.4.